The number of hydrogen-bond acceptors (Lipinski definition) is 3. The molecule has 0 aliphatic heterocycles. The fraction of sp³-hybridized carbons (Fsp3) is 0.467. The van der Waals surface area contributed by atoms with Crippen molar-refractivity contribution < 1.29 is 19.4 Å². The summed E-state index contributed by atoms with van der Waals surface area (Å²) in [4.78, 5) is 22.9. The first kappa shape index (κ1) is 16.0. The van der Waals surface area contributed by atoms with Crippen molar-refractivity contribution in [3.05, 3.63) is 35.9 Å². The summed E-state index contributed by atoms with van der Waals surface area (Å²) in [5.41, 5.74) is 0.858. The smallest absolute Gasteiger partial charge is 0.408 e. The van der Waals surface area contributed by atoms with Crippen LogP contribution in [0.5, 0.6) is 0 Å². The van der Waals surface area contributed by atoms with Crippen molar-refractivity contribution in [2.45, 2.75) is 39.3 Å². The van der Waals surface area contributed by atoms with Gasteiger partial charge < -0.3 is 15.2 Å². The zero-order chi connectivity index (χ0) is 15.0. The summed E-state index contributed by atoms with van der Waals surface area (Å²) in [5, 5.41) is 11.6. The molecule has 1 atom stereocenters. The largest absolute Gasteiger partial charge is 0.480 e. The van der Waals surface area contributed by atoms with Gasteiger partial charge in [-0.15, -0.1) is 0 Å². The summed E-state index contributed by atoms with van der Waals surface area (Å²) in [6.45, 7) is 3.93. The van der Waals surface area contributed by atoms with Crippen LogP contribution in [0.3, 0.4) is 0 Å². The Hall–Kier alpha value is -2.04. The number of amides is 1. The minimum absolute atomic E-state index is 0.100. The molecule has 0 bridgehead atoms. The molecule has 0 saturated carbocycles. The second-order valence-electron chi connectivity index (χ2n) is 4.60. The molecular formula is C15H21NO4. The van der Waals surface area contributed by atoms with E-state index < -0.39 is 18.1 Å². The van der Waals surface area contributed by atoms with Gasteiger partial charge in [0.15, 0.2) is 0 Å². The van der Waals surface area contributed by atoms with Gasteiger partial charge in [0.25, 0.3) is 0 Å². The number of rotatable bonds is 7. The maximum Gasteiger partial charge on any atom is 0.408 e. The molecule has 0 unspecified atom stereocenters. The predicted molar refractivity (Wildman–Crippen MR) is 75.3 cm³/mol. The highest BCUT2D eigenvalue weighted by Crippen LogP contribution is 2.13. The van der Waals surface area contributed by atoms with Crippen molar-refractivity contribution in [2.75, 3.05) is 0 Å². The number of benzene rings is 1. The molecule has 0 fully saturated rings. The van der Waals surface area contributed by atoms with Gasteiger partial charge in [0.1, 0.15) is 12.6 Å². The molecule has 5 heteroatoms. The van der Waals surface area contributed by atoms with Crippen molar-refractivity contribution in [3.63, 3.8) is 0 Å². The number of carboxylic acid groups (broad SMARTS) is 1. The van der Waals surface area contributed by atoms with E-state index in [0.717, 1.165) is 5.56 Å². The fourth-order valence-corrected chi connectivity index (χ4v) is 2.03. The first-order chi connectivity index (χ1) is 9.58. The van der Waals surface area contributed by atoms with E-state index in [1.165, 1.54) is 0 Å². The molecule has 0 aliphatic rings. The number of nitrogens with one attached hydrogen (secondary N) is 1. The lowest BCUT2D eigenvalue weighted by atomic mass is 9.94. The molecule has 0 radical (unpaired) electrons. The van der Waals surface area contributed by atoms with Crippen LogP contribution < -0.4 is 5.32 Å². The minimum atomic E-state index is -1.03. The quantitative estimate of drug-likeness (QED) is 0.804. The lowest BCUT2D eigenvalue weighted by Crippen LogP contribution is -2.45. The third-order valence-electron chi connectivity index (χ3n) is 3.27. The van der Waals surface area contributed by atoms with Gasteiger partial charge in [0, 0.05) is 0 Å². The Labute approximate surface area is 118 Å². The van der Waals surface area contributed by atoms with Crippen LogP contribution in [0.4, 0.5) is 4.79 Å². The van der Waals surface area contributed by atoms with Crippen LogP contribution in [0.25, 0.3) is 0 Å². The van der Waals surface area contributed by atoms with Crippen LogP contribution in [0.2, 0.25) is 0 Å². The molecule has 0 aromatic heterocycles. The zero-order valence-corrected chi connectivity index (χ0v) is 11.8. The molecular weight excluding hydrogens is 258 g/mol. The van der Waals surface area contributed by atoms with Gasteiger partial charge in [-0.05, 0) is 11.5 Å². The molecule has 0 spiro atoms. The maximum absolute atomic E-state index is 11.7. The Kier molecular flexibility index (Phi) is 6.56. The Morgan fingerprint density at radius 3 is 2.30 bits per heavy atom. The number of carbonyl (C=O) groups is 2. The van der Waals surface area contributed by atoms with Crippen molar-refractivity contribution in [2.24, 2.45) is 5.92 Å². The number of carbonyl (C=O) groups excluding carboxylic acids is 1. The van der Waals surface area contributed by atoms with Crippen LogP contribution in [0, 0.1) is 5.92 Å². The Balaban J connectivity index is 2.52. The first-order valence-electron chi connectivity index (χ1n) is 6.78. The molecule has 0 aliphatic carbocycles. The van der Waals surface area contributed by atoms with E-state index >= 15 is 0 Å². The maximum atomic E-state index is 11.7. The Bertz CT molecular complexity index is 429. The zero-order valence-electron chi connectivity index (χ0n) is 11.8. The van der Waals surface area contributed by atoms with Crippen LogP contribution in [-0.4, -0.2) is 23.2 Å². The molecule has 1 rings (SSSR count). The molecule has 1 aromatic rings. The minimum Gasteiger partial charge on any atom is -0.480 e. The molecule has 0 saturated heterocycles. The number of carboxylic acids is 1. The number of aliphatic carboxylic acids is 1. The lowest BCUT2D eigenvalue weighted by molar-refractivity contribution is -0.141. The third kappa shape index (κ3) is 4.91. The predicted octanol–water partition coefficient (Wildman–Crippen LogP) is 2.80. The van der Waals surface area contributed by atoms with Gasteiger partial charge >= 0.3 is 12.1 Å². The van der Waals surface area contributed by atoms with E-state index in [0.29, 0.717) is 12.8 Å². The molecule has 1 amide bonds. The Morgan fingerprint density at radius 1 is 1.20 bits per heavy atom. The molecule has 110 valence electrons. The second-order valence-corrected chi connectivity index (χ2v) is 4.60. The normalized spacial score (nSPS) is 11.9. The summed E-state index contributed by atoms with van der Waals surface area (Å²) >= 11 is 0. The van der Waals surface area contributed by atoms with Gasteiger partial charge in [-0.1, -0.05) is 57.0 Å². The lowest BCUT2D eigenvalue weighted by Gasteiger charge is -2.22. The molecule has 5 nitrogen and oxygen atoms in total. The highest BCUT2D eigenvalue weighted by molar-refractivity contribution is 5.80. The fourth-order valence-electron chi connectivity index (χ4n) is 2.03. The molecule has 2 N–H and O–H groups in total. The van der Waals surface area contributed by atoms with Gasteiger partial charge in [0.2, 0.25) is 0 Å². The van der Waals surface area contributed by atoms with E-state index in [1.54, 1.807) is 0 Å². The van der Waals surface area contributed by atoms with E-state index in [4.69, 9.17) is 9.84 Å². The van der Waals surface area contributed by atoms with Gasteiger partial charge in [-0.2, -0.15) is 0 Å². The van der Waals surface area contributed by atoms with E-state index in [1.807, 2.05) is 44.2 Å². The summed E-state index contributed by atoms with van der Waals surface area (Å²) in [7, 11) is 0. The standard InChI is InChI=1S/C15H21NO4/c1-3-12(4-2)13(14(17)18)16-15(19)20-10-11-8-6-5-7-9-11/h5-9,12-13H,3-4,10H2,1-2H3,(H,16,19)(H,17,18)/t13-/m0/s1. The van der Waals surface area contributed by atoms with Crippen LogP contribution in [-0.2, 0) is 16.1 Å². The number of ether oxygens (including phenoxy) is 1. The van der Waals surface area contributed by atoms with E-state index in [9.17, 15) is 9.59 Å². The van der Waals surface area contributed by atoms with Crippen molar-refractivity contribution in [1.82, 2.24) is 5.32 Å². The van der Waals surface area contributed by atoms with Crippen LogP contribution in [0.1, 0.15) is 32.3 Å². The van der Waals surface area contributed by atoms with Crippen molar-refractivity contribution >= 4 is 12.1 Å². The monoisotopic (exact) mass is 279 g/mol. The van der Waals surface area contributed by atoms with Crippen LogP contribution in [0.15, 0.2) is 30.3 Å². The molecule has 20 heavy (non-hydrogen) atoms. The average Bonchev–Trinajstić information content (AvgIpc) is 2.46. The molecule has 1 aromatic carbocycles. The summed E-state index contributed by atoms with van der Waals surface area (Å²) < 4.78 is 5.03. The van der Waals surface area contributed by atoms with Gasteiger partial charge in [-0.25, -0.2) is 9.59 Å². The SMILES string of the molecule is CCC(CC)[C@H](NC(=O)OCc1ccccc1)C(=O)O. The molecule has 0 heterocycles. The Morgan fingerprint density at radius 2 is 1.80 bits per heavy atom. The van der Waals surface area contributed by atoms with Crippen molar-refractivity contribution in [1.29, 1.82) is 0 Å². The summed E-state index contributed by atoms with van der Waals surface area (Å²) in [5.74, 6) is -1.13. The third-order valence-corrected chi connectivity index (χ3v) is 3.27. The van der Waals surface area contributed by atoms with Gasteiger partial charge in [0.05, 0.1) is 0 Å². The van der Waals surface area contributed by atoms with Crippen molar-refractivity contribution in [3.8, 4) is 0 Å². The highest BCUT2D eigenvalue weighted by Gasteiger charge is 2.27. The average molecular weight is 279 g/mol. The van der Waals surface area contributed by atoms with Crippen LogP contribution >= 0.6 is 0 Å². The second kappa shape index (κ2) is 8.19. The highest BCUT2D eigenvalue weighted by atomic mass is 16.5. The summed E-state index contributed by atoms with van der Waals surface area (Å²) in [6.07, 6.45) is 0.673. The summed E-state index contributed by atoms with van der Waals surface area (Å²) in [6, 6.07) is 8.33. The number of alkyl carbamates (subject to hydrolysis) is 1. The van der Waals surface area contributed by atoms with Gasteiger partial charge in [-0.3, -0.25) is 0 Å². The van der Waals surface area contributed by atoms with E-state index in [-0.39, 0.29) is 12.5 Å². The van der Waals surface area contributed by atoms with E-state index in [2.05, 4.69) is 5.32 Å². The first-order valence-corrected chi connectivity index (χ1v) is 6.78. The topological polar surface area (TPSA) is 75.6 Å². The number of hydrogen-bond donors (Lipinski definition) is 2.